The van der Waals surface area contributed by atoms with Gasteiger partial charge in [-0.05, 0) is 53.5 Å². The Morgan fingerprint density at radius 3 is 2.16 bits per heavy atom. The number of carbonyl (C=O) groups excluding carboxylic acids is 2. The van der Waals surface area contributed by atoms with Crippen LogP contribution in [0.5, 0.6) is 0 Å². The number of alkyl halides is 3. The summed E-state index contributed by atoms with van der Waals surface area (Å²) < 4.78 is 38.2. The minimum atomic E-state index is -4.48. The fourth-order valence-electron chi connectivity index (χ4n) is 2.49. The minimum Gasteiger partial charge on any atom is -0.343 e. The molecule has 0 saturated heterocycles. The van der Waals surface area contributed by atoms with Gasteiger partial charge < -0.3 is 10.6 Å². The van der Waals surface area contributed by atoms with Crippen LogP contribution in [0.4, 0.5) is 18.9 Å². The Morgan fingerprint density at radius 2 is 1.58 bits per heavy atom. The summed E-state index contributed by atoms with van der Waals surface area (Å²) >= 11 is 4.94. The van der Waals surface area contributed by atoms with Crippen molar-refractivity contribution < 1.29 is 22.8 Å². The maximum Gasteiger partial charge on any atom is 0.416 e. The molecule has 166 valence electrons. The van der Waals surface area contributed by atoms with E-state index >= 15 is 0 Å². The number of hydrogen-bond donors (Lipinski definition) is 4. The molecule has 10 heteroatoms. The molecule has 4 N–H and O–H groups in total. The van der Waals surface area contributed by atoms with Crippen molar-refractivity contribution in [2.24, 2.45) is 0 Å². The SMILES string of the molecule is CC(C)(C)c1ccc(C(=O)NCC(=O)NNC(=S)Nc2cccc(C(F)(F)F)c2)cc1. The van der Waals surface area contributed by atoms with Crippen molar-refractivity contribution in [1.82, 2.24) is 16.2 Å². The van der Waals surface area contributed by atoms with E-state index in [1.807, 2.05) is 12.1 Å². The number of anilines is 1. The highest BCUT2D eigenvalue weighted by Crippen LogP contribution is 2.30. The lowest BCUT2D eigenvalue weighted by Gasteiger charge is -2.19. The van der Waals surface area contributed by atoms with Crippen LogP contribution in [0.15, 0.2) is 48.5 Å². The number of thiocarbonyl (C=S) groups is 1. The lowest BCUT2D eigenvalue weighted by molar-refractivity contribution is -0.137. The van der Waals surface area contributed by atoms with Crippen molar-refractivity contribution in [2.45, 2.75) is 32.4 Å². The summed E-state index contributed by atoms with van der Waals surface area (Å²) in [7, 11) is 0. The highest BCUT2D eigenvalue weighted by atomic mass is 32.1. The Bertz CT molecular complexity index is 954. The molecule has 2 rings (SSSR count). The van der Waals surface area contributed by atoms with Crippen LogP contribution in [0.25, 0.3) is 0 Å². The largest absolute Gasteiger partial charge is 0.416 e. The molecule has 0 aliphatic rings. The summed E-state index contributed by atoms with van der Waals surface area (Å²) in [6.45, 7) is 5.86. The number of halogens is 3. The Morgan fingerprint density at radius 1 is 0.935 bits per heavy atom. The van der Waals surface area contributed by atoms with Crippen LogP contribution in [-0.2, 0) is 16.4 Å². The topological polar surface area (TPSA) is 82.3 Å². The molecule has 0 aliphatic carbocycles. The second-order valence-corrected chi connectivity index (χ2v) is 8.12. The fraction of sp³-hybridized carbons (Fsp3) is 0.286. The summed E-state index contributed by atoms with van der Waals surface area (Å²) in [6, 6.07) is 11.5. The van der Waals surface area contributed by atoms with E-state index in [1.165, 1.54) is 12.1 Å². The van der Waals surface area contributed by atoms with E-state index in [0.717, 1.165) is 17.7 Å². The van der Waals surface area contributed by atoms with Crippen LogP contribution in [0.3, 0.4) is 0 Å². The van der Waals surface area contributed by atoms with Gasteiger partial charge in [-0.25, -0.2) is 0 Å². The number of hydrazine groups is 1. The van der Waals surface area contributed by atoms with Crippen molar-refractivity contribution >= 4 is 34.8 Å². The highest BCUT2D eigenvalue weighted by molar-refractivity contribution is 7.80. The first-order valence-electron chi connectivity index (χ1n) is 9.28. The van der Waals surface area contributed by atoms with E-state index in [1.54, 1.807) is 12.1 Å². The third-order valence-corrected chi connectivity index (χ3v) is 4.39. The predicted molar refractivity (Wildman–Crippen MR) is 116 cm³/mol. The molecule has 0 aliphatic heterocycles. The van der Waals surface area contributed by atoms with Gasteiger partial charge in [-0.15, -0.1) is 0 Å². The molecule has 31 heavy (non-hydrogen) atoms. The number of rotatable bonds is 4. The Hall–Kier alpha value is -3.14. The van der Waals surface area contributed by atoms with Crippen molar-refractivity contribution in [3.8, 4) is 0 Å². The van der Waals surface area contributed by atoms with Gasteiger partial charge in [0.1, 0.15) is 0 Å². The van der Waals surface area contributed by atoms with Crippen molar-refractivity contribution in [2.75, 3.05) is 11.9 Å². The van der Waals surface area contributed by atoms with Gasteiger partial charge >= 0.3 is 6.18 Å². The molecular weight excluding hydrogens is 429 g/mol. The molecule has 0 heterocycles. The van der Waals surface area contributed by atoms with E-state index in [0.29, 0.717) is 5.56 Å². The highest BCUT2D eigenvalue weighted by Gasteiger charge is 2.30. The Labute approximate surface area is 183 Å². The van der Waals surface area contributed by atoms with Gasteiger partial charge in [0, 0.05) is 11.3 Å². The van der Waals surface area contributed by atoms with Gasteiger partial charge in [-0.2, -0.15) is 13.2 Å². The molecule has 0 radical (unpaired) electrons. The molecule has 0 saturated carbocycles. The maximum absolute atomic E-state index is 12.7. The second kappa shape index (κ2) is 9.78. The smallest absolute Gasteiger partial charge is 0.343 e. The molecule has 0 bridgehead atoms. The zero-order valence-corrected chi connectivity index (χ0v) is 18.0. The molecule has 0 unspecified atom stereocenters. The first kappa shape index (κ1) is 24.1. The van der Waals surface area contributed by atoms with Crippen LogP contribution < -0.4 is 21.5 Å². The molecule has 2 aromatic rings. The third kappa shape index (κ3) is 7.56. The summed E-state index contributed by atoms with van der Waals surface area (Å²) in [4.78, 5) is 24.0. The first-order chi connectivity index (χ1) is 14.4. The van der Waals surface area contributed by atoms with Crippen molar-refractivity contribution in [3.05, 3.63) is 65.2 Å². The monoisotopic (exact) mass is 452 g/mol. The van der Waals surface area contributed by atoms with Crippen LogP contribution in [0.2, 0.25) is 0 Å². The molecular formula is C21H23F3N4O2S. The molecule has 2 amide bonds. The van der Waals surface area contributed by atoms with E-state index in [4.69, 9.17) is 12.2 Å². The lowest BCUT2D eigenvalue weighted by Crippen LogP contribution is -2.47. The third-order valence-electron chi connectivity index (χ3n) is 4.19. The lowest BCUT2D eigenvalue weighted by atomic mass is 9.87. The zero-order chi connectivity index (χ0) is 23.2. The number of carbonyl (C=O) groups is 2. The van der Waals surface area contributed by atoms with E-state index in [-0.39, 0.29) is 22.8 Å². The van der Waals surface area contributed by atoms with Crippen LogP contribution in [-0.4, -0.2) is 23.5 Å². The van der Waals surface area contributed by atoms with E-state index in [2.05, 4.69) is 42.3 Å². The van der Waals surface area contributed by atoms with Crippen molar-refractivity contribution in [3.63, 3.8) is 0 Å². The maximum atomic E-state index is 12.7. The van der Waals surface area contributed by atoms with Crippen molar-refractivity contribution in [1.29, 1.82) is 0 Å². The molecule has 6 nitrogen and oxygen atoms in total. The molecule has 2 aromatic carbocycles. The van der Waals surface area contributed by atoms with Gasteiger partial charge in [0.05, 0.1) is 12.1 Å². The Kier molecular flexibility index (Phi) is 7.61. The van der Waals surface area contributed by atoms with Crippen LogP contribution in [0, 0.1) is 0 Å². The zero-order valence-electron chi connectivity index (χ0n) is 17.2. The number of amides is 2. The number of hydrogen-bond acceptors (Lipinski definition) is 3. The molecule has 0 aromatic heterocycles. The standard InChI is InChI=1S/C21H23F3N4O2S/c1-20(2,3)14-9-7-13(8-10-14)18(30)25-12-17(29)27-28-19(31)26-16-6-4-5-15(11-16)21(22,23)24/h4-11H,12H2,1-3H3,(H,25,30)(H,27,29)(H2,26,28,31). The average molecular weight is 453 g/mol. The second-order valence-electron chi connectivity index (χ2n) is 7.72. The number of benzene rings is 2. The predicted octanol–water partition coefficient (Wildman–Crippen LogP) is 3.75. The summed E-state index contributed by atoms with van der Waals surface area (Å²) in [5.41, 5.74) is 5.34. The summed E-state index contributed by atoms with van der Waals surface area (Å²) in [5.74, 6) is -1.01. The summed E-state index contributed by atoms with van der Waals surface area (Å²) in [6.07, 6.45) is -4.48. The van der Waals surface area contributed by atoms with Gasteiger partial charge in [0.2, 0.25) is 0 Å². The first-order valence-corrected chi connectivity index (χ1v) is 9.69. The average Bonchev–Trinajstić information content (AvgIpc) is 2.69. The van der Waals surface area contributed by atoms with E-state index in [9.17, 15) is 22.8 Å². The molecule has 0 spiro atoms. The summed E-state index contributed by atoms with van der Waals surface area (Å²) in [5, 5.41) is 4.90. The minimum absolute atomic E-state index is 0.0406. The molecule has 0 atom stereocenters. The number of nitrogens with one attached hydrogen (secondary N) is 4. The van der Waals surface area contributed by atoms with Crippen LogP contribution in [0.1, 0.15) is 42.3 Å². The normalized spacial score (nSPS) is 11.4. The van der Waals surface area contributed by atoms with Gasteiger partial charge in [-0.1, -0.05) is 39.0 Å². The van der Waals surface area contributed by atoms with Gasteiger partial charge in [-0.3, -0.25) is 20.4 Å². The van der Waals surface area contributed by atoms with Crippen LogP contribution >= 0.6 is 12.2 Å². The quantitative estimate of drug-likeness (QED) is 0.420. The van der Waals surface area contributed by atoms with Gasteiger partial charge in [0.25, 0.3) is 11.8 Å². The van der Waals surface area contributed by atoms with Gasteiger partial charge in [0.15, 0.2) is 5.11 Å². The molecule has 0 fully saturated rings. The Balaban J connectivity index is 1.79. The fourth-order valence-corrected chi connectivity index (χ4v) is 2.66. The van der Waals surface area contributed by atoms with E-state index < -0.39 is 23.6 Å².